The van der Waals surface area contributed by atoms with E-state index in [2.05, 4.69) is 32.1 Å². The van der Waals surface area contributed by atoms with E-state index >= 15 is 0 Å². The molecule has 3 N–H and O–H groups in total. The van der Waals surface area contributed by atoms with E-state index in [1.165, 1.54) is 0 Å². The normalized spacial score (nSPS) is 12.2. The van der Waals surface area contributed by atoms with Gasteiger partial charge in [0.25, 0.3) is 0 Å². The third kappa shape index (κ3) is 2.44. The highest BCUT2D eigenvalue weighted by Crippen LogP contribution is 2.23. The van der Waals surface area contributed by atoms with E-state index in [0.717, 1.165) is 22.8 Å². The largest absolute Gasteiger partial charge is 0.340 e. The number of imidazole rings is 1. The highest BCUT2D eigenvalue weighted by Gasteiger charge is 2.16. The summed E-state index contributed by atoms with van der Waals surface area (Å²) in [5.74, 6) is 0.904. The van der Waals surface area contributed by atoms with Gasteiger partial charge in [0.1, 0.15) is 11.5 Å². The number of rotatable bonds is 4. The molecule has 5 nitrogen and oxygen atoms in total. The minimum atomic E-state index is 0.0571. The van der Waals surface area contributed by atoms with Gasteiger partial charge in [0, 0.05) is 18.9 Å². The molecule has 0 fully saturated rings. The summed E-state index contributed by atoms with van der Waals surface area (Å²) >= 11 is 0. The van der Waals surface area contributed by atoms with Gasteiger partial charge in [0.2, 0.25) is 0 Å². The fourth-order valence-electron chi connectivity index (χ4n) is 2.17. The molecule has 0 aliphatic rings. The van der Waals surface area contributed by atoms with Gasteiger partial charge >= 0.3 is 0 Å². The number of H-pyrrole nitrogens is 1. The van der Waals surface area contributed by atoms with Crippen molar-refractivity contribution in [1.29, 1.82) is 0 Å². The first-order valence-corrected chi connectivity index (χ1v) is 6.45. The molecular formula is C15H15N5. The number of nitrogens with zero attached hydrogens (tertiary/aromatic N) is 3. The molecule has 100 valence electrons. The number of aromatic nitrogens is 4. The molecular weight excluding hydrogens is 250 g/mol. The van der Waals surface area contributed by atoms with Crippen molar-refractivity contribution in [2.75, 3.05) is 6.54 Å². The van der Waals surface area contributed by atoms with Crippen molar-refractivity contribution >= 4 is 0 Å². The minimum Gasteiger partial charge on any atom is -0.340 e. The molecule has 0 saturated carbocycles. The Hall–Kier alpha value is -2.53. The predicted molar refractivity (Wildman–Crippen MR) is 77.0 cm³/mol. The highest BCUT2D eigenvalue weighted by molar-refractivity contribution is 5.51. The molecule has 0 saturated heterocycles. The lowest BCUT2D eigenvalue weighted by molar-refractivity contribution is 0.765. The Morgan fingerprint density at radius 1 is 1.05 bits per heavy atom. The average Bonchev–Trinajstić information content (AvgIpc) is 3.00. The Kier molecular flexibility index (Phi) is 3.52. The van der Waals surface area contributed by atoms with Crippen molar-refractivity contribution in [3.63, 3.8) is 0 Å². The van der Waals surface area contributed by atoms with Gasteiger partial charge in [0.05, 0.1) is 24.0 Å². The van der Waals surface area contributed by atoms with Crippen LogP contribution in [0.1, 0.15) is 17.3 Å². The Morgan fingerprint density at radius 3 is 2.60 bits per heavy atom. The van der Waals surface area contributed by atoms with Crippen LogP contribution in [0.3, 0.4) is 0 Å². The molecule has 5 heteroatoms. The number of benzene rings is 1. The second-order valence-electron chi connectivity index (χ2n) is 4.47. The first-order valence-electron chi connectivity index (χ1n) is 6.45. The summed E-state index contributed by atoms with van der Waals surface area (Å²) in [6.07, 6.45) is 6.78. The molecule has 1 atom stereocenters. The maximum Gasteiger partial charge on any atom is 0.115 e. The van der Waals surface area contributed by atoms with Crippen LogP contribution in [-0.2, 0) is 0 Å². The number of hydrogen-bond donors (Lipinski definition) is 2. The topological polar surface area (TPSA) is 80.5 Å². The van der Waals surface area contributed by atoms with Gasteiger partial charge < -0.3 is 10.7 Å². The van der Waals surface area contributed by atoms with Gasteiger partial charge in [-0.05, 0) is 5.56 Å². The number of nitrogens with one attached hydrogen (secondary N) is 1. The summed E-state index contributed by atoms with van der Waals surface area (Å²) in [4.78, 5) is 16.0. The predicted octanol–water partition coefficient (Wildman–Crippen LogP) is 1.96. The fraction of sp³-hybridized carbons (Fsp3) is 0.133. The first kappa shape index (κ1) is 12.5. The zero-order chi connectivity index (χ0) is 13.8. The van der Waals surface area contributed by atoms with Gasteiger partial charge in [-0.1, -0.05) is 30.3 Å². The molecule has 3 rings (SSSR count). The number of hydrogen-bond acceptors (Lipinski definition) is 4. The third-order valence-corrected chi connectivity index (χ3v) is 3.20. The van der Waals surface area contributed by atoms with Gasteiger partial charge in [-0.2, -0.15) is 0 Å². The van der Waals surface area contributed by atoms with Crippen LogP contribution in [0.2, 0.25) is 0 Å². The van der Waals surface area contributed by atoms with Crippen LogP contribution >= 0.6 is 0 Å². The zero-order valence-corrected chi connectivity index (χ0v) is 10.9. The molecule has 3 aromatic rings. The summed E-state index contributed by atoms with van der Waals surface area (Å²) < 4.78 is 0. The monoisotopic (exact) mass is 265 g/mol. The van der Waals surface area contributed by atoms with Crippen LogP contribution in [0, 0.1) is 0 Å². The maximum absolute atomic E-state index is 5.90. The summed E-state index contributed by atoms with van der Waals surface area (Å²) in [6, 6.07) is 10.1. The third-order valence-electron chi connectivity index (χ3n) is 3.20. The molecule has 0 aliphatic heterocycles. The fourth-order valence-corrected chi connectivity index (χ4v) is 2.17. The lowest BCUT2D eigenvalue weighted by Gasteiger charge is -2.12. The quantitative estimate of drug-likeness (QED) is 0.755. The van der Waals surface area contributed by atoms with Crippen molar-refractivity contribution in [3.05, 3.63) is 66.5 Å². The maximum atomic E-state index is 5.90. The summed E-state index contributed by atoms with van der Waals surface area (Å²) in [5.41, 5.74) is 8.67. The SMILES string of the molecule is NCC(c1ccccc1)c1ncc(-c2cnccn2)[nH]1. The van der Waals surface area contributed by atoms with E-state index < -0.39 is 0 Å². The Bertz CT molecular complexity index is 663. The molecule has 0 radical (unpaired) electrons. The molecule has 1 aromatic carbocycles. The van der Waals surface area contributed by atoms with Crippen molar-refractivity contribution in [2.24, 2.45) is 5.73 Å². The van der Waals surface area contributed by atoms with Crippen LogP contribution < -0.4 is 5.73 Å². The Morgan fingerprint density at radius 2 is 1.90 bits per heavy atom. The standard InChI is InChI=1S/C15H15N5/c16-8-12(11-4-2-1-3-5-11)15-19-10-14(20-15)13-9-17-6-7-18-13/h1-7,9-10,12H,8,16H2,(H,19,20). The van der Waals surface area contributed by atoms with Crippen LogP contribution in [0.25, 0.3) is 11.4 Å². The van der Waals surface area contributed by atoms with Gasteiger partial charge in [-0.15, -0.1) is 0 Å². The second kappa shape index (κ2) is 5.63. The van der Waals surface area contributed by atoms with Gasteiger partial charge in [-0.25, -0.2) is 4.98 Å². The first-order chi connectivity index (χ1) is 9.88. The van der Waals surface area contributed by atoms with Crippen LogP contribution in [0.5, 0.6) is 0 Å². The van der Waals surface area contributed by atoms with E-state index in [9.17, 15) is 0 Å². The van der Waals surface area contributed by atoms with E-state index in [-0.39, 0.29) is 5.92 Å². The lowest BCUT2D eigenvalue weighted by Crippen LogP contribution is -2.15. The van der Waals surface area contributed by atoms with Crippen molar-refractivity contribution < 1.29 is 0 Å². The van der Waals surface area contributed by atoms with E-state index in [1.54, 1.807) is 24.8 Å². The van der Waals surface area contributed by atoms with E-state index in [1.807, 2.05) is 18.2 Å². The molecule has 2 aromatic heterocycles. The highest BCUT2D eigenvalue weighted by atomic mass is 14.9. The summed E-state index contributed by atoms with van der Waals surface area (Å²) in [6.45, 7) is 0.497. The van der Waals surface area contributed by atoms with E-state index in [0.29, 0.717) is 6.54 Å². The molecule has 0 aliphatic carbocycles. The Balaban J connectivity index is 1.93. The number of nitrogens with two attached hydrogens (primary N) is 1. The van der Waals surface area contributed by atoms with E-state index in [4.69, 9.17) is 5.73 Å². The Labute approximate surface area is 116 Å². The summed E-state index contributed by atoms with van der Waals surface area (Å²) in [7, 11) is 0. The average molecular weight is 265 g/mol. The molecule has 0 spiro atoms. The van der Waals surface area contributed by atoms with Crippen molar-refractivity contribution in [1.82, 2.24) is 19.9 Å². The summed E-state index contributed by atoms with van der Waals surface area (Å²) in [5, 5.41) is 0. The van der Waals surface area contributed by atoms with Crippen molar-refractivity contribution in [2.45, 2.75) is 5.92 Å². The zero-order valence-electron chi connectivity index (χ0n) is 10.9. The lowest BCUT2D eigenvalue weighted by atomic mass is 9.99. The smallest absolute Gasteiger partial charge is 0.115 e. The van der Waals surface area contributed by atoms with Gasteiger partial charge in [-0.3, -0.25) is 9.97 Å². The minimum absolute atomic E-state index is 0.0571. The van der Waals surface area contributed by atoms with Crippen LogP contribution in [0.15, 0.2) is 55.1 Å². The molecule has 20 heavy (non-hydrogen) atoms. The van der Waals surface area contributed by atoms with Crippen LogP contribution in [-0.4, -0.2) is 26.5 Å². The molecule has 1 unspecified atom stereocenters. The molecule has 2 heterocycles. The van der Waals surface area contributed by atoms with Crippen LogP contribution in [0.4, 0.5) is 0 Å². The molecule has 0 amide bonds. The van der Waals surface area contributed by atoms with Gasteiger partial charge in [0.15, 0.2) is 0 Å². The number of aromatic amines is 1. The second-order valence-corrected chi connectivity index (χ2v) is 4.47. The van der Waals surface area contributed by atoms with Crippen molar-refractivity contribution in [3.8, 4) is 11.4 Å². The molecule has 0 bridgehead atoms.